The van der Waals surface area contributed by atoms with Crippen LogP contribution in [0.5, 0.6) is 5.75 Å². The van der Waals surface area contributed by atoms with Crippen molar-refractivity contribution in [3.05, 3.63) is 66.2 Å². The monoisotopic (exact) mass is 528 g/mol. The third-order valence-electron chi connectivity index (χ3n) is 6.76. The zero-order chi connectivity index (χ0) is 24.5. The average molecular weight is 530 g/mol. The highest BCUT2D eigenvalue weighted by molar-refractivity contribution is 5.85. The second-order valence-electron chi connectivity index (χ2n) is 9.21. The van der Waals surface area contributed by atoms with E-state index in [0.717, 1.165) is 38.2 Å². The first-order valence-corrected chi connectivity index (χ1v) is 11.7. The molecule has 2 N–H and O–H groups in total. The van der Waals surface area contributed by atoms with Crippen LogP contribution < -0.4 is 4.74 Å². The Bertz CT molecular complexity index is 855. The van der Waals surface area contributed by atoms with Crippen LogP contribution in [0.3, 0.4) is 0 Å². The normalized spacial score (nSPS) is 23.8. The molecule has 8 heteroatoms. The lowest BCUT2D eigenvalue weighted by Crippen LogP contribution is -2.62. The fourth-order valence-corrected chi connectivity index (χ4v) is 4.63. The van der Waals surface area contributed by atoms with Crippen molar-refractivity contribution in [1.29, 1.82) is 0 Å². The van der Waals surface area contributed by atoms with Crippen molar-refractivity contribution in [2.45, 2.75) is 45.8 Å². The number of aliphatic carboxylic acids is 1. The SMILES string of the molecule is CCN(CC)CC1(C)CN(C)C(C)CC1(O)c1ccccc1.Cl.Cl.O=C(O)COc1ccccc1. The summed E-state index contributed by atoms with van der Waals surface area (Å²) in [6.07, 6.45) is 0.783. The van der Waals surface area contributed by atoms with Crippen LogP contribution in [0.15, 0.2) is 60.7 Å². The summed E-state index contributed by atoms with van der Waals surface area (Å²) < 4.78 is 4.87. The Balaban J connectivity index is 0.000000757. The Morgan fingerprint density at radius 3 is 2.06 bits per heavy atom. The number of carbonyl (C=O) groups is 1. The summed E-state index contributed by atoms with van der Waals surface area (Å²) in [6, 6.07) is 19.5. The Morgan fingerprint density at radius 2 is 1.57 bits per heavy atom. The zero-order valence-electron chi connectivity index (χ0n) is 21.5. The van der Waals surface area contributed by atoms with Crippen molar-refractivity contribution < 1.29 is 19.7 Å². The number of benzene rings is 2. The maximum atomic E-state index is 11.7. The van der Waals surface area contributed by atoms with E-state index in [1.165, 1.54) is 0 Å². The summed E-state index contributed by atoms with van der Waals surface area (Å²) in [5.41, 5.74) is 0.106. The molecule has 1 aliphatic heterocycles. The largest absolute Gasteiger partial charge is 0.482 e. The molecule has 1 fully saturated rings. The quantitative estimate of drug-likeness (QED) is 0.505. The zero-order valence-corrected chi connectivity index (χ0v) is 23.1. The van der Waals surface area contributed by atoms with Crippen molar-refractivity contribution in [1.82, 2.24) is 9.80 Å². The Hall–Kier alpha value is -1.83. The number of rotatable bonds is 8. The molecule has 3 atom stereocenters. The molecule has 1 saturated heterocycles. The van der Waals surface area contributed by atoms with Gasteiger partial charge < -0.3 is 24.7 Å². The third kappa shape index (κ3) is 8.96. The lowest BCUT2D eigenvalue weighted by Gasteiger charge is -2.55. The summed E-state index contributed by atoms with van der Waals surface area (Å²) >= 11 is 0. The molecule has 0 amide bonds. The van der Waals surface area contributed by atoms with Crippen molar-refractivity contribution in [2.24, 2.45) is 5.41 Å². The van der Waals surface area contributed by atoms with Crippen molar-refractivity contribution >= 4 is 30.8 Å². The molecule has 1 aliphatic rings. The fourth-order valence-electron chi connectivity index (χ4n) is 4.63. The van der Waals surface area contributed by atoms with E-state index in [0.29, 0.717) is 11.8 Å². The van der Waals surface area contributed by atoms with Gasteiger partial charge in [0.05, 0.1) is 5.60 Å². The van der Waals surface area contributed by atoms with Crippen LogP contribution in [0.25, 0.3) is 0 Å². The van der Waals surface area contributed by atoms with Gasteiger partial charge >= 0.3 is 5.97 Å². The molecule has 6 nitrogen and oxygen atoms in total. The van der Waals surface area contributed by atoms with Gasteiger partial charge in [-0.25, -0.2) is 4.79 Å². The number of carboxylic acids is 1. The number of nitrogens with zero attached hydrogens (tertiary/aromatic N) is 2. The van der Waals surface area contributed by atoms with Crippen LogP contribution in [-0.2, 0) is 10.4 Å². The lowest BCUT2D eigenvalue weighted by atomic mass is 9.63. The number of hydrogen-bond donors (Lipinski definition) is 2. The van der Waals surface area contributed by atoms with Gasteiger partial charge in [-0.3, -0.25) is 0 Å². The molecular weight excluding hydrogens is 487 g/mol. The lowest BCUT2D eigenvalue weighted by molar-refractivity contribution is -0.154. The van der Waals surface area contributed by atoms with E-state index in [2.05, 4.69) is 56.7 Å². The predicted octanol–water partition coefficient (Wildman–Crippen LogP) is 4.94. The topological polar surface area (TPSA) is 73.2 Å². The smallest absolute Gasteiger partial charge is 0.341 e. The van der Waals surface area contributed by atoms with E-state index in [1.54, 1.807) is 24.3 Å². The number of aliphatic hydroxyl groups is 1. The number of hydrogen-bond acceptors (Lipinski definition) is 5. The van der Waals surface area contributed by atoms with Crippen LogP contribution in [0, 0.1) is 5.41 Å². The average Bonchev–Trinajstić information content (AvgIpc) is 2.82. The highest BCUT2D eigenvalue weighted by Crippen LogP contribution is 2.48. The molecule has 2 aromatic carbocycles. The molecule has 35 heavy (non-hydrogen) atoms. The van der Waals surface area contributed by atoms with Gasteiger partial charge in [0.2, 0.25) is 0 Å². The second kappa shape index (κ2) is 15.3. The molecule has 0 aliphatic carbocycles. The van der Waals surface area contributed by atoms with Gasteiger partial charge in [-0.05, 0) is 51.2 Å². The van der Waals surface area contributed by atoms with Gasteiger partial charge in [-0.2, -0.15) is 0 Å². The molecule has 1 heterocycles. The summed E-state index contributed by atoms with van der Waals surface area (Å²) in [7, 11) is 2.18. The van der Waals surface area contributed by atoms with Crippen molar-refractivity contribution in [2.75, 3.05) is 39.8 Å². The number of likely N-dealkylation sites (tertiary alicyclic amines) is 1. The van der Waals surface area contributed by atoms with E-state index in [4.69, 9.17) is 9.84 Å². The Morgan fingerprint density at radius 1 is 1.06 bits per heavy atom. The van der Waals surface area contributed by atoms with E-state index < -0.39 is 11.6 Å². The molecule has 198 valence electrons. The minimum absolute atomic E-state index is 0. The Labute approximate surface area is 223 Å². The molecule has 0 radical (unpaired) electrons. The molecule has 3 rings (SSSR count). The maximum absolute atomic E-state index is 11.7. The summed E-state index contributed by atoms with van der Waals surface area (Å²) in [5.74, 6) is -0.385. The number of piperidine rings is 1. The summed E-state index contributed by atoms with van der Waals surface area (Å²) in [4.78, 5) is 14.9. The Kier molecular flexibility index (Phi) is 14.5. The molecule has 0 spiro atoms. The third-order valence-corrected chi connectivity index (χ3v) is 6.76. The molecular formula is C27H42Cl2N2O4. The number of para-hydroxylation sites is 1. The molecule has 0 saturated carbocycles. The number of carboxylic acid groups (broad SMARTS) is 1. The van der Waals surface area contributed by atoms with Crippen LogP contribution >= 0.6 is 24.8 Å². The molecule has 3 unspecified atom stereocenters. The maximum Gasteiger partial charge on any atom is 0.341 e. The molecule has 0 aromatic heterocycles. The number of halogens is 2. The van der Waals surface area contributed by atoms with Gasteiger partial charge in [-0.15, -0.1) is 24.8 Å². The van der Waals surface area contributed by atoms with Gasteiger partial charge in [0, 0.05) is 24.5 Å². The van der Waals surface area contributed by atoms with Gasteiger partial charge in [0.25, 0.3) is 0 Å². The molecule has 0 bridgehead atoms. The van der Waals surface area contributed by atoms with E-state index in [9.17, 15) is 9.90 Å². The first kappa shape index (κ1) is 33.2. The van der Waals surface area contributed by atoms with Crippen LogP contribution in [0.1, 0.15) is 39.7 Å². The van der Waals surface area contributed by atoms with Crippen LogP contribution in [0.4, 0.5) is 0 Å². The van der Waals surface area contributed by atoms with Crippen LogP contribution in [0.2, 0.25) is 0 Å². The highest BCUT2D eigenvalue weighted by Gasteiger charge is 2.53. The van der Waals surface area contributed by atoms with Gasteiger partial charge in [0.1, 0.15) is 5.75 Å². The predicted molar refractivity (Wildman–Crippen MR) is 147 cm³/mol. The van der Waals surface area contributed by atoms with Crippen molar-refractivity contribution in [3.8, 4) is 5.75 Å². The van der Waals surface area contributed by atoms with E-state index >= 15 is 0 Å². The minimum atomic E-state index is -0.964. The standard InChI is InChI=1S/C19H32N2O.C8H8O3.2ClH/c1-6-21(7-2)15-18(4)14-20(5)16(3)13-19(18,22)17-11-9-8-10-12-17;9-8(10)6-11-7-4-2-1-3-5-7;;/h8-12,16,22H,6-7,13-15H2,1-5H3;1-5H,6H2,(H,9,10);2*1H. The number of ether oxygens (including phenoxy) is 1. The second-order valence-corrected chi connectivity index (χ2v) is 9.21. The van der Waals surface area contributed by atoms with E-state index in [1.807, 2.05) is 24.3 Å². The highest BCUT2D eigenvalue weighted by atomic mass is 35.5. The summed E-state index contributed by atoms with van der Waals surface area (Å²) in [6.45, 7) is 12.5. The molecule has 2 aromatic rings. The van der Waals surface area contributed by atoms with Crippen LogP contribution in [-0.4, -0.2) is 71.9 Å². The minimum Gasteiger partial charge on any atom is -0.482 e. The first-order valence-electron chi connectivity index (χ1n) is 11.7. The summed E-state index contributed by atoms with van der Waals surface area (Å²) in [5, 5.41) is 20.0. The van der Waals surface area contributed by atoms with Gasteiger partial charge in [-0.1, -0.05) is 69.3 Å². The van der Waals surface area contributed by atoms with Gasteiger partial charge in [0.15, 0.2) is 6.61 Å². The fraction of sp³-hybridized carbons (Fsp3) is 0.519. The first-order chi connectivity index (χ1) is 15.6. The van der Waals surface area contributed by atoms with Crippen molar-refractivity contribution in [3.63, 3.8) is 0 Å². The van der Waals surface area contributed by atoms with E-state index in [-0.39, 0.29) is 36.8 Å².